The maximum absolute atomic E-state index is 2.27. The van der Waals surface area contributed by atoms with E-state index in [-0.39, 0.29) is 0 Å². The van der Waals surface area contributed by atoms with Gasteiger partial charge < -0.3 is 4.57 Å². The van der Waals surface area contributed by atoms with Crippen molar-refractivity contribution in [3.63, 3.8) is 0 Å². The van der Waals surface area contributed by atoms with E-state index in [1.807, 2.05) is 11.8 Å². The van der Waals surface area contributed by atoms with Gasteiger partial charge in [-0.25, -0.2) is 0 Å². The number of hydrogen-bond acceptors (Lipinski definition) is 1. The molecule has 0 fully saturated rings. The van der Waals surface area contributed by atoms with Gasteiger partial charge in [-0.3, -0.25) is 0 Å². The van der Waals surface area contributed by atoms with Crippen LogP contribution in [0.1, 0.15) is 5.69 Å². The van der Waals surface area contributed by atoms with Crippen molar-refractivity contribution in [3.05, 3.63) is 48.3 Å². The van der Waals surface area contributed by atoms with Crippen molar-refractivity contribution >= 4 is 11.8 Å². The second-order valence-corrected chi connectivity index (χ2v) is 4.14. The minimum atomic E-state index is 1.09. The van der Waals surface area contributed by atoms with Crippen LogP contribution in [0.2, 0.25) is 0 Å². The van der Waals surface area contributed by atoms with Gasteiger partial charge in [0, 0.05) is 22.5 Å². The SMILES string of the molecule is c1ccc2c(c1)SCc1cccn1-2. The number of nitrogens with zero attached hydrogens (tertiary/aromatic N) is 1. The quantitative estimate of drug-likeness (QED) is 0.613. The number of benzene rings is 1. The molecule has 3 rings (SSSR count). The van der Waals surface area contributed by atoms with Gasteiger partial charge in [-0.05, 0) is 24.3 Å². The first kappa shape index (κ1) is 7.27. The lowest BCUT2D eigenvalue weighted by Crippen LogP contribution is -2.03. The highest BCUT2D eigenvalue weighted by Crippen LogP contribution is 2.34. The van der Waals surface area contributed by atoms with Crippen molar-refractivity contribution in [1.29, 1.82) is 0 Å². The predicted octanol–water partition coefficient (Wildman–Crippen LogP) is 3.08. The summed E-state index contributed by atoms with van der Waals surface area (Å²) in [6.45, 7) is 0. The lowest BCUT2D eigenvalue weighted by Gasteiger charge is -2.18. The molecule has 1 aliphatic rings. The summed E-state index contributed by atoms with van der Waals surface area (Å²) in [5, 5.41) is 0. The van der Waals surface area contributed by atoms with Crippen LogP contribution in [-0.4, -0.2) is 4.57 Å². The summed E-state index contributed by atoms with van der Waals surface area (Å²) in [5.74, 6) is 1.09. The fraction of sp³-hybridized carbons (Fsp3) is 0.0909. The largest absolute Gasteiger partial charge is 0.319 e. The van der Waals surface area contributed by atoms with E-state index in [2.05, 4.69) is 47.2 Å². The molecule has 13 heavy (non-hydrogen) atoms. The van der Waals surface area contributed by atoms with Crippen LogP contribution in [-0.2, 0) is 5.75 Å². The van der Waals surface area contributed by atoms with Gasteiger partial charge in [-0.15, -0.1) is 11.8 Å². The molecule has 1 aromatic heterocycles. The first-order chi connectivity index (χ1) is 6.45. The third-order valence-corrected chi connectivity index (χ3v) is 3.43. The summed E-state index contributed by atoms with van der Waals surface area (Å²) in [6, 6.07) is 12.8. The second kappa shape index (κ2) is 2.67. The van der Waals surface area contributed by atoms with E-state index in [1.165, 1.54) is 16.3 Å². The molecule has 0 saturated carbocycles. The third kappa shape index (κ3) is 1.02. The van der Waals surface area contributed by atoms with Crippen LogP contribution in [0.3, 0.4) is 0 Å². The fourth-order valence-corrected chi connectivity index (χ4v) is 2.73. The third-order valence-electron chi connectivity index (χ3n) is 2.33. The van der Waals surface area contributed by atoms with Gasteiger partial charge in [0.15, 0.2) is 0 Å². The summed E-state index contributed by atoms with van der Waals surface area (Å²) >= 11 is 1.92. The fourth-order valence-electron chi connectivity index (χ4n) is 1.70. The Kier molecular flexibility index (Phi) is 1.49. The minimum Gasteiger partial charge on any atom is -0.319 e. The summed E-state index contributed by atoms with van der Waals surface area (Å²) in [5.41, 5.74) is 2.71. The Morgan fingerprint density at radius 1 is 1.08 bits per heavy atom. The Labute approximate surface area is 81.4 Å². The maximum atomic E-state index is 2.27. The molecule has 0 unspecified atom stereocenters. The molecule has 0 radical (unpaired) electrons. The molecule has 0 bridgehead atoms. The van der Waals surface area contributed by atoms with Crippen molar-refractivity contribution in [2.75, 3.05) is 0 Å². The molecule has 64 valence electrons. The number of fused-ring (bicyclic) bond motifs is 3. The smallest absolute Gasteiger partial charge is 0.0588 e. The Bertz CT molecular complexity index is 445. The minimum absolute atomic E-state index is 1.09. The van der Waals surface area contributed by atoms with Crippen LogP contribution in [0.4, 0.5) is 0 Å². The van der Waals surface area contributed by atoms with Crippen LogP contribution < -0.4 is 0 Å². The first-order valence-electron chi connectivity index (χ1n) is 4.33. The van der Waals surface area contributed by atoms with Crippen LogP contribution in [0.15, 0.2) is 47.5 Å². The number of para-hydroxylation sites is 1. The molecule has 0 atom stereocenters. The van der Waals surface area contributed by atoms with E-state index < -0.39 is 0 Å². The number of thioether (sulfide) groups is 1. The number of rotatable bonds is 0. The average Bonchev–Trinajstić information content (AvgIpc) is 2.65. The summed E-state index contributed by atoms with van der Waals surface area (Å²) < 4.78 is 2.27. The predicted molar refractivity (Wildman–Crippen MR) is 55.3 cm³/mol. The van der Waals surface area contributed by atoms with Crippen LogP contribution in [0.25, 0.3) is 5.69 Å². The molecular formula is C11H9NS. The molecule has 1 nitrogen and oxygen atoms in total. The van der Waals surface area contributed by atoms with E-state index in [1.54, 1.807) is 0 Å². The summed E-state index contributed by atoms with van der Waals surface area (Å²) in [4.78, 5) is 1.38. The molecule has 0 spiro atoms. The van der Waals surface area contributed by atoms with Gasteiger partial charge >= 0.3 is 0 Å². The highest BCUT2D eigenvalue weighted by molar-refractivity contribution is 7.98. The first-order valence-corrected chi connectivity index (χ1v) is 5.32. The van der Waals surface area contributed by atoms with Gasteiger partial charge in [0.1, 0.15) is 0 Å². The zero-order valence-corrected chi connectivity index (χ0v) is 7.92. The van der Waals surface area contributed by atoms with Crippen molar-refractivity contribution in [2.24, 2.45) is 0 Å². The van der Waals surface area contributed by atoms with Crippen LogP contribution in [0, 0.1) is 0 Å². The number of aromatic nitrogens is 1. The topological polar surface area (TPSA) is 4.93 Å². The highest BCUT2D eigenvalue weighted by Gasteiger charge is 2.13. The average molecular weight is 187 g/mol. The number of hydrogen-bond donors (Lipinski definition) is 0. The molecule has 1 aromatic carbocycles. The molecule has 1 aliphatic heterocycles. The lowest BCUT2D eigenvalue weighted by atomic mass is 10.3. The maximum Gasteiger partial charge on any atom is 0.0588 e. The monoisotopic (exact) mass is 187 g/mol. The second-order valence-electron chi connectivity index (χ2n) is 3.13. The van der Waals surface area contributed by atoms with E-state index in [4.69, 9.17) is 0 Å². The molecule has 0 aliphatic carbocycles. The van der Waals surface area contributed by atoms with Gasteiger partial charge in [-0.1, -0.05) is 12.1 Å². The van der Waals surface area contributed by atoms with Crippen LogP contribution >= 0.6 is 11.8 Å². The zero-order valence-electron chi connectivity index (χ0n) is 7.10. The van der Waals surface area contributed by atoms with Crippen molar-refractivity contribution in [2.45, 2.75) is 10.6 Å². The van der Waals surface area contributed by atoms with Gasteiger partial charge in [0.05, 0.1) is 5.69 Å². The van der Waals surface area contributed by atoms with Gasteiger partial charge in [-0.2, -0.15) is 0 Å². The van der Waals surface area contributed by atoms with E-state index in [0.29, 0.717) is 0 Å². The Balaban J connectivity index is 2.30. The summed E-state index contributed by atoms with van der Waals surface area (Å²) in [6.07, 6.45) is 2.13. The Morgan fingerprint density at radius 2 is 2.00 bits per heavy atom. The van der Waals surface area contributed by atoms with E-state index in [9.17, 15) is 0 Å². The van der Waals surface area contributed by atoms with Crippen LogP contribution in [0.5, 0.6) is 0 Å². The Hall–Kier alpha value is -1.15. The zero-order chi connectivity index (χ0) is 8.67. The molecule has 0 amide bonds. The Morgan fingerprint density at radius 3 is 3.00 bits per heavy atom. The molecule has 0 saturated heterocycles. The van der Waals surface area contributed by atoms with Crippen molar-refractivity contribution in [3.8, 4) is 5.69 Å². The van der Waals surface area contributed by atoms with E-state index in [0.717, 1.165) is 5.75 Å². The molecular weight excluding hydrogens is 178 g/mol. The van der Waals surface area contributed by atoms with Crippen molar-refractivity contribution in [1.82, 2.24) is 4.57 Å². The lowest BCUT2D eigenvalue weighted by molar-refractivity contribution is 0.958. The van der Waals surface area contributed by atoms with Gasteiger partial charge in [0.2, 0.25) is 0 Å². The van der Waals surface area contributed by atoms with E-state index >= 15 is 0 Å². The highest BCUT2D eigenvalue weighted by atomic mass is 32.2. The van der Waals surface area contributed by atoms with Gasteiger partial charge in [0.25, 0.3) is 0 Å². The normalized spacial score (nSPS) is 13.5. The molecule has 0 N–H and O–H groups in total. The molecule has 2 aromatic rings. The standard InChI is InChI=1S/C11H9NS/c1-2-6-11-10(5-1)12-7-3-4-9(12)8-13-11/h1-7H,8H2. The van der Waals surface area contributed by atoms with Crippen molar-refractivity contribution < 1.29 is 0 Å². The molecule has 2 heterocycles. The molecule has 2 heteroatoms. The summed E-state index contributed by atoms with van der Waals surface area (Å²) in [7, 11) is 0.